The minimum absolute atomic E-state index is 0.0635. The molecular formula is C17H20N2O3S. The minimum Gasteiger partial charge on any atom is -0.302 e. The number of hydrogen-bond donors (Lipinski definition) is 1. The van der Waals surface area contributed by atoms with Gasteiger partial charge >= 0.3 is 0 Å². The zero-order valence-electron chi connectivity index (χ0n) is 13.4. The van der Waals surface area contributed by atoms with E-state index in [-0.39, 0.29) is 17.2 Å². The van der Waals surface area contributed by atoms with Crippen molar-refractivity contribution in [1.29, 1.82) is 0 Å². The summed E-state index contributed by atoms with van der Waals surface area (Å²) in [6.45, 7) is 2.16. The number of aryl methyl sites for hydroxylation is 1. The smallest absolute Gasteiger partial charge is 0.261 e. The van der Waals surface area contributed by atoms with Crippen LogP contribution < -0.4 is 4.72 Å². The quantitative estimate of drug-likeness (QED) is 0.826. The molecule has 2 aromatic rings. The fourth-order valence-electron chi connectivity index (χ4n) is 2.07. The Bertz CT molecular complexity index is 797. The van der Waals surface area contributed by atoms with Gasteiger partial charge in [0.1, 0.15) is 0 Å². The Balaban J connectivity index is 2.23. The Hall–Kier alpha value is -2.18. The number of nitrogens with one attached hydrogen (secondary N) is 1. The Morgan fingerprint density at radius 2 is 1.74 bits per heavy atom. The highest BCUT2D eigenvalue weighted by atomic mass is 32.2. The fraction of sp³-hybridized carbons (Fsp3) is 0.235. The lowest BCUT2D eigenvalue weighted by molar-refractivity contribution is 0.0958. The van der Waals surface area contributed by atoms with Gasteiger partial charge in [0.25, 0.3) is 10.0 Å². The van der Waals surface area contributed by atoms with Crippen LogP contribution >= 0.6 is 0 Å². The van der Waals surface area contributed by atoms with E-state index in [1.54, 1.807) is 53.4 Å². The highest BCUT2D eigenvalue weighted by molar-refractivity contribution is 7.92. The summed E-state index contributed by atoms with van der Waals surface area (Å²) in [5.74, 6) is -0.0635. The van der Waals surface area contributed by atoms with Crippen molar-refractivity contribution in [3.63, 3.8) is 0 Å². The molecule has 122 valence electrons. The molecule has 1 N–H and O–H groups in total. The molecule has 0 aliphatic heterocycles. The second kappa shape index (κ2) is 6.93. The molecule has 0 amide bonds. The highest BCUT2D eigenvalue weighted by Gasteiger charge is 2.15. The van der Waals surface area contributed by atoms with E-state index >= 15 is 0 Å². The zero-order valence-corrected chi connectivity index (χ0v) is 14.2. The number of nitrogens with zero attached hydrogens (tertiary/aromatic N) is 1. The van der Waals surface area contributed by atoms with Gasteiger partial charge in [0, 0.05) is 11.3 Å². The predicted octanol–water partition coefficient (Wildman–Crippen LogP) is 2.54. The number of sulfonamides is 1. The van der Waals surface area contributed by atoms with Crippen molar-refractivity contribution in [2.75, 3.05) is 25.4 Å². The van der Waals surface area contributed by atoms with Crippen LogP contribution in [0.25, 0.3) is 0 Å². The molecule has 0 saturated carbocycles. The van der Waals surface area contributed by atoms with Crippen molar-refractivity contribution in [3.05, 3.63) is 59.7 Å². The van der Waals surface area contributed by atoms with Crippen molar-refractivity contribution in [1.82, 2.24) is 4.90 Å². The van der Waals surface area contributed by atoms with Gasteiger partial charge in [-0.25, -0.2) is 8.42 Å². The van der Waals surface area contributed by atoms with Gasteiger partial charge in [-0.1, -0.05) is 29.8 Å². The van der Waals surface area contributed by atoms with Crippen LogP contribution in [0.5, 0.6) is 0 Å². The van der Waals surface area contributed by atoms with Crippen molar-refractivity contribution in [2.24, 2.45) is 0 Å². The van der Waals surface area contributed by atoms with E-state index in [0.717, 1.165) is 5.56 Å². The summed E-state index contributed by atoms with van der Waals surface area (Å²) in [6, 6.07) is 13.1. The molecule has 0 radical (unpaired) electrons. The molecule has 0 aliphatic rings. The van der Waals surface area contributed by atoms with Gasteiger partial charge in [-0.05, 0) is 45.3 Å². The average molecular weight is 332 g/mol. The molecule has 2 aromatic carbocycles. The summed E-state index contributed by atoms with van der Waals surface area (Å²) in [5, 5.41) is 0. The molecular weight excluding hydrogens is 312 g/mol. The SMILES string of the molecule is Cc1ccc(S(=O)(=O)Nc2cccc(C(=O)CN(C)C)c2)cc1. The summed E-state index contributed by atoms with van der Waals surface area (Å²) in [7, 11) is -0.0525. The van der Waals surface area contributed by atoms with Crippen molar-refractivity contribution >= 4 is 21.5 Å². The van der Waals surface area contributed by atoms with E-state index in [0.29, 0.717) is 11.3 Å². The van der Waals surface area contributed by atoms with Crippen LogP contribution in [0.1, 0.15) is 15.9 Å². The highest BCUT2D eigenvalue weighted by Crippen LogP contribution is 2.18. The summed E-state index contributed by atoms with van der Waals surface area (Å²) >= 11 is 0. The molecule has 2 rings (SSSR count). The second-order valence-electron chi connectivity index (χ2n) is 5.66. The van der Waals surface area contributed by atoms with Gasteiger partial charge in [-0.3, -0.25) is 9.52 Å². The first-order valence-corrected chi connectivity index (χ1v) is 8.64. The topological polar surface area (TPSA) is 66.5 Å². The van der Waals surface area contributed by atoms with Crippen LogP contribution in [0.4, 0.5) is 5.69 Å². The molecule has 0 fully saturated rings. The molecule has 0 spiro atoms. The van der Waals surface area contributed by atoms with Gasteiger partial charge in [0.05, 0.1) is 11.4 Å². The number of rotatable bonds is 6. The lowest BCUT2D eigenvalue weighted by Crippen LogP contribution is -2.21. The number of ketones is 1. The van der Waals surface area contributed by atoms with Crippen LogP contribution in [-0.2, 0) is 10.0 Å². The number of benzene rings is 2. The van der Waals surface area contributed by atoms with Crippen molar-refractivity contribution in [3.8, 4) is 0 Å². The first-order valence-electron chi connectivity index (χ1n) is 7.15. The largest absolute Gasteiger partial charge is 0.302 e. The molecule has 23 heavy (non-hydrogen) atoms. The zero-order chi connectivity index (χ0) is 17.0. The third-order valence-corrected chi connectivity index (χ3v) is 4.63. The Kier molecular flexibility index (Phi) is 5.18. The molecule has 0 heterocycles. The third kappa shape index (κ3) is 4.64. The van der Waals surface area contributed by atoms with E-state index in [1.165, 1.54) is 0 Å². The predicted molar refractivity (Wildman–Crippen MR) is 91.3 cm³/mol. The molecule has 0 atom stereocenters. The first kappa shape index (κ1) is 17.2. The van der Waals surface area contributed by atoms with Crippen molar-refractivity contribution < 1.29 is 13.2 Å². The van der Waals surface area contributed by atoms with Crippen LogP contribution in [0, 0.1) is 6.92 Å². The average Bonchev–Trinajstić information content (AvgIpc) is 2.46. The van der Waals surface area contributed by atoms with Gasteiger partial charge < -0.3 is 4.90 Å². The third-order valence-electron chi connectivity index (χ3n) is 3.23. The first-order chi connectivity index (χ1) is 10.8. The number of carbonyl (C=O) groups is 1. The van der Waals surface area contributed by atoms with E-state index in [9.17, 15) is 13.2 Å². The van der Waals surface area contributed by atoms with Gasteiger partial charge in [0.15, 0.2) is 5.78 Å². The molecule has 6 heteroatoms. The number of hydrogen-bond acceptors (Lipinski definition) is 4. The van der Waals surface area contributed by atoms with Crippen LogP contribution in [0.2, 0.25) is 0 Å². The normalized spacial score (nSPS) is 11.5. The van der Waals surface area contributed by atoms with Crippen LogP contribution in [0.15, 0.2) is 53.4 Å². The van der Waals surface area contributed by atoms with E-state index in [1.807, 2.05) is 21.0 Å². The lowest BCUT2D eigenvalue weighted by Gasteiger charge is -2.11. The maximum absolute atomic E-state index is 12.4. The van der Waals surface area contributed by atoms with E-state index < -0.39 is 10.0 Å². The number of Topliss-reactive ketones (excluding diaryl/α,β-unsaturated/α-hetero) is 1. The summed E-state index contributed by atoms with van der Waals surface area (Å²) < 4.78 is 27.2. The monoisotopic (exact) mass is 332 g/mol. The molecule has 0 unspecified atom stereocenters. The number of carbonyl (C=O) groups excluding carboxylic acids is 1. The summed E-state index contributed by atoms with van der Waals surface area (Å²) in [5.41, 5.74) is 1.83. The molecule has 5 nitrogen and oxygen atoms in total. The Morgan fingerprint density at radius 3 is 2.35 bits per heavy atom. The van der Waals surface area contributed by atoms with Gasteiger partial charge in [-0.2, -0.15) is 0 Å². The van der Waals surface area contributed by atoms with Crippen molar-refractivity contribution in [2.45, 2.75) is 11.8 Å². The number of likely N-dealkylation sites (N-methyl/N-ethyl adjacent to an activating group) is 1. The second-order valence-corrected chi connectivity index (χ2v) is 7.34. The van der Waals surface area contributed by atoms with Crippen LogP contribution in [-0.4, -0.2) is 39.7 Å². The van der Waals surface area contributed by atoms with Gasteiger partial charge in [0.2, 0.25) is 0 Å². The summed E-state index contributed by atoms with van der Waals surface area (Å²) in [6.07, 6.45) is 0. The maximum atomic E-state index is 12.4. The maximum Gasteiger partial charge on any atom is 0.261 e. The lowest BCUT2D eigenvalue weighted by atomic mass is 10.1. The van der Waals surface area contributed by atoms with Crippen LogP contribution in [0.3, 0.4) is 0 Å². The minimum atomic E-state index is -3.67. The molecule has 0 aromatic heterocycles. The number of anilines is 1. The Labute approximate surface area is 137 Å². The van der Waals surface area contributed by atoms with E-state index in [2.05, 4.69) is 4.72 Å². The fourth-order valence-corrected chi connectivity index (χ4v) is 3.12. The van der Waals surface area contributed by atoms with E-state index in [4.69, 9.17) is 0 Å². The Morgan fingerprint density at radius 1 is 1.09 bits per heavy atom. The molecule has 0 bridgehead atoms. The standard InChI is InChI=1S/C17H20N2O3S/c1-13-7-9-16(10-8-13)23(21,22)18-15-6-4-5-14(11-15)17(20)12-19(2)3/h4-11,18H,12H2,1-3H3. The molecule has 0 aliphatic carbocycles. The van der Waals surface area contributed by atoms with Gasteiger partial charge in [-0.15, -0.1) is 0 Å². The summed E-state index contributed by atoms with van der Waals surface area (Å²) in [4.78, 5) is 14.0. The molecule has 0 saturated heterocycles.